The van der Waals surface area contributed by atoms with E-state index in [2.05, 4.69) is 16.3 Å². The molecule has 2 aromatic carbocycles. The van der Waals surface area contributed by atoms with E-state index in [-0.39, 0.29) is 12.0 Å². The number of H-pyrrole nitrogens is 2. The minimum atomic E-state index is -0.466. The molecule has 0 aliphatic carbocycles. The first-order valence-corrected chi connectivity index (χ1v) is 9.51. The predicted octanol–water partition coefficient (Wildman–Crippen LogP) is 2.24. The van der Waals surface area contributed by atoms with E-state index in [1.165, 1.54) is 5.56 Å². The number of carbonyl (C=O) groups excluding carboxylic acids is 1. The van der Waals surface area contributed by atoms with E-state index < -0.39 is 11.8 Å². The van der Waals surface area contributed by atoms with Crippen LogP contribution in [0.1, 0.15) is 40.3 Å². The van der Waals surface area contributed by atoms with Gasteiger partial charge >= 0.3 is 0 Å². The monoisotopic (exact) mass is 393 g/mol. The van der Waals surface area contributed by atoms with E-state index in [9.17, 15) is 9.59 Å². The van der Waals surface area contributed by atoms with Gasteiger partial charge in [0, 0.05) is 36.4 Å². The molecule has 1 aliphatic heterocycles. The van der Waals surface area contributed by atoms with Gasteiger partial charge in [-0.2, -0.15) is 0 Å². The van der Waals surface area contributed by atoms with Crippen LogP contribution in [0.25, 0.3) is 0 Å². The van der Waals surface area contributed by atoms with Crippen LogP contribution in [0.3, 0.4) is 0 Å². The van der Waals surface area contributed by atoms with Crippen LogP contribution in [0.4, 0.5) is 0 Å². The van der Waals surface area contributed by atoms with Crippen molar-refractivity contribution in [3.05, 3.63) is 80.8 Å². The summed E-state index contributed by atoms with van der Waals surface area (Å²) in [5.41, 5.74) is 9.61. The molecule has 29 heavy (non-hydrogen) atoms. The Morgan fingerprint density at radius 1 is 1.21 bits per heavy atom. The van der Waals surface area contributed by atoms with Gasteiger partial charge in [-0.3, -0.25) is 14.7 Å². The van der Waals surface area contributed by atoms with Gasteiger partial charge in [-0.05, 0) is 34.9 Å². The number of benzene rings is 2. The number of aromatic amines is 2. The third-order valence-corrected chi connectivity index (χ3v) is 5.30. The van der Waals surface area contributed by atoms with Gasteiger partial charge in [-0.1, -0.05) is 24.3 Å². The highest BCUT2D eigenvalue weighted by Crippen LogP contribution is 2.31. The van der Waals surface area contributed by atoms with Gasteiger partial charge in [0.2, 0.25) is 5.91 Å². The number of carbonyl (C=O) groups is 1. The Balaban J connectivity index is 1.70. The van der Waals surface area contributed by atoms with Gasteiger partial charge in [0.25, 0.3) is 5.56 Å². The van der Waals surface area contributed by atoms with Crippen molar-refractivity contribution in [2.45, 2.75) is 25.2 Å². The molecule has 0 radical (unpaired) electrons. The highest BCUT2D eigenvalue weighted by Gasteiger charge is 2.25. The zero-order chi connectivity index (χ0) is 20.4. The van der Waals surface area contributed by atoms with Crippen LogP contribution < -0.4 is 20.8 Å². The molecule has 0 fully saturated rings. The summed E-state index contributed by atoms with van der Waals surface area (Å²) in [6.45, 7) is 0.698. The van der Waals surface area contributed by atoms with Crippen LogP contribution in [0, 0.1) is 0 Å². The van der Waals surface area contributed by atoms with Crippen molar-refractivity contribution in [2.24, 2.45) is 5.73 Å². The average Bonchev–Trinajstić information content (AvgIpc) is 3.32. The van der Waals surface area contributed by atoms with Crippen LogP contribution >= 0.6 is 0 Å². The van der Waals surface area contributed by atoms with E-state index in [4.69, 9.17) is 15.2 Å². The summed E-state index contributed by atoms with van der Waals surface area (Å²) in [5.74, 6) is 0.713. The highest BCUT2D eigenvalue weighted by atomic mass is 16.5. The molecule has 1 aromatic heterocycles. The lowest BCUT2D eigenvalue weighted by Gasteiger charge is -2.16. The van der Waals surface area contributed by atoms with Gasteiger partial charge < -0.3 is 20.3 Å². The van der Waals surface area contributed by atoms with Gasteiger partial charge in [0.1, 0.15) is 11.5 Å². The molecule has 3 aromatic rings. The Labute approximate surface area is 167 Å². The minimum Gasteiger partial charge on any atom is -0.497 e. The highest BCUT2D eigenvalue weighted by molar-refractivity contribution is 5.75. The van der Waals surface area contributed by atoms with Crippen LogP contribution in [0.2, 0.25) is 0 Å². The van der Waals surface area contributed by atoms with Crippen molar-refractivity contribution in [3.63, 3.8) is 0 Å². The number of nitrogens with two attached hydrogens (primary N) is 1. The number of primary amides is 1. The first kappa shape index (κ1) is 18.9. The van der Waals surface area contributed by atoms with Crippen molar-refractivity contribution < 1.29 is 14.3 Å². The van der Waals surface area contributed by atoms with E-state index in [0.29, 0.717) is 24.3 Å². The maximum atomic E-state index is 12.7. The Kier molecular flexibility index (Phi) is 5.12. The lowest BCUT2D eigenvalue weighted by Crippen LogP contribution is -2.21. The van der Waals surface area contributed by atoms with Crippen molar-refractivity contribution in [1.82, 2.24) is 10.2 Å². The number of hydrogen-bond donors (Lipinski definition) is 3. The quantitative estimate of drug-likeness (QED) is 0.572. The first-order chi connectivity index (χ1) is 14.0. The fraction of sp³-hybridized carbons (Fsp3) is 0.273. The third-order valence-electron chi connectivity index (χ3n) is 5.30. The molecule has 4 N–H and O–H groups in total. The molecule has 0 saturated heterocycles. The van der Waals surface area contributed by atoms with Crippen molar-refractivity contribution in [2.75, 3.05) is 13.7 Å². The molecule has 1 atom stereocenters. The first-order valence-electron chi connectivity index (χ1n) is 9.51. The Bertz CT molecular complexity index is 1080. The predicted molar refractivity (Wildman–Crippen MR) is 109 cm³/mol. The van der Waals surface area contributed by atoms with Gasteiger partial charge in [0.15, 0.2) is 0 Å². The number of ether oxygens (including phenoxy) is 2. The van der Waals surface area contributed by atoms with Crippen LogP contribution in [-0.2, 0) is 17.6 Å². The van der Waals surface area contributed by atoms with E-state index >= 15 is 0 Å². The van der Waals surface area contributed by atoms with Crippen LogP contribution in [0.15, 0.2) is 47.3 Å². The Hall–Kier alpha value is -3.48. The molecule has 0 unspecified atom stereocenters. The number of hydrogen-bond acceptors (Lipinski definition) is 4. The summed E-state index contributed by atoms with van der Waals surface area (Å²) in [6, 6.07) is 13.4. The molecule has 2 heterocycles. The number of methoxy groups -OCH3 is 1. The normalized spacial score (nSPS) is 13.6. The molecular weight excluding hydrogens is 370 g/mol. The summed E-state index contributed by atoms with van der Waals surface area (Å²) in [6.07, 6.45) is 1.46. The summed E-state index contributed by atoms with van der Waals surface area (Å²) in [5, 5.41) is 5.66. The van der Waals surface area contributed by atoms with Crippen molar-refractivity contribution in [3.8, 4) is 11.5 Å². The minimum absolute atomic E-state index is 0.0400. The van der Waals surface area contributed by atoms with E-state index in [1.807, 2.05) is 36.4 Å². The lowest BCUT2D eigenvalue weighted by molar-refractivity contribution is -0.118. The average molecular weight is 393 g/mol. The fourth-order valence-electron chi connectivity index (χ4n) is 3.89. The summed E-state index contributed by atoms with van der Waals surface area (Å²) < 4.78 is 10.8. The van der Waals surface area contributed by atoms with Gasteiger partial charge in [0.05, 0.1) is 13.7 Å². The molecule has 7 nitrogen and oxygen atoms in total. The summed E-state index contributed by atoms with van der Waals surface area (Å²) in [7, 11) is 1.59. The van der Waals surface area contributed by atoms with Crippen molar-refractivity contribution >= 4 is 5.91 Å². The lowest BCUT2D eigenvalue weighted by atomic mass is 9.87. The summed E-state index contributed by atoms with van der Waals surface area (Å²) in [4.78, 5) is 24.4. The van der Waals surface area contributed by atoms with Crippen molar-refractivity contribution in [1.29, 1.82) is 0 Å². The SMILES string of the molecule is COc1ccc([C@H](CC(N)=O)c2c(Cc3ccc4c(c3)CCO4)[nH][nH]c2=O)cc1. The molecule has 150 valence electrons. The maximum absolute atomic E-state index is 12.7. The number of rotatable bonds is 7. The van der Waals surface area contributed by atoms with Gasteiger partial charge in [-0.25, -0.2) is 0 Å². The number of amides is 1. The van der Waals surface area contributed by atoms with E-state index in [1.54, 1.807) is 7.11 Å². The zero-order valence-corrected chi connectivity index (χ0v) is 16.2. The molecule has 0 spiro atoms. The largest absolute Gasteiger partial charge is 0.497 e. The number of aromatic nitrogens is 2. The molecular formula is C22H23N3O4. The molecule has 0 saturated carbocycles. The summed E-state index contributed by atoms with van der Waals surface area (Å²) >= 11 is 0. The molecule has 1 aliphatic rings. The number of fused-ring (bicyclic) bond motifs is 1. The maximum Gasteiger partial charge on any atom is 0.267 e. The third kappa shape index (κ3) is 3.89. The molecule has 0 bridgehead atoms. The second-order valence-electron chi connectivity index (χ2n) is 7.18. The van der Waals surface area contributed by atoms with Gasteiger partial charge in [-0.15, -0.1) is 0 Å². The number of nitrogens with one attached hydrogen (secondary N) is 2. The molecule has 4 rings (SSSR count). The Morgan fingerprint density at radius 2 is 2.00 bits per heavy atom. The second kappa shape index (κ2) is 7.87. The molecule has 1 amide bonds. The van der Waals surface area contributed by atoms with Crippen LogP contribution in [-0.4, -0.2) is 29.8 Å². The zero-order valence-electron chi connectivity index (χ0n) is 16.2. The smallest absolute Gasteiger partial charge is 0.267 e. The van der Waals surface area contributed by atoms with E-state index in [0.717, 1.165) is 29.0 Å². The Morgan fingerprint density at radius 3 is 2.72 bits per heavy atom. The molecule has 7 heteroatoms. The second-order valence-corrected chi connectivity index (χ2v) is 7.18. The van der Waals surface area contributed by atoms with Crippen LogP contribution in [0.5, 0.6) is 11.5 Å². The topological polar surface area (TPSA) is 110 Å². The fourth-order valence-corrected chi connectivity index (χ4v) is 3.89. The standard InChI is InChI=1S/C22H23N3O4/c1-28-16-5-3-14(4-6-16)17(12-20(23)26)21-18(24-25-22(21)27)11-13-2-7-19-15(10-13)8-9-29-19/h2-7,10,17H,8-9,11-12H2,1H3,(H2,23,26)(H2,24,25,27)/t17-/m0/s1.